The predicted molar refractivity (Wildman–Crippen MR) is 263 cm³/mol. The fraction of sp³-hybridized carbons (Fsp3) is 0.981. The Morgan fingerprint density at radius 2 is 0.345 bits per heavy atom. The maximum Gasteiger partial charge on any atom is 0.302 e. The van der Waals surface area contributed by atoms with E-state index in [1.165, 1.54) is 232 Å². The molecule has 0 amide bonds. The summed E-state index contributed by atoms with van der Waals surface area (Å²) in [4.78, 5) is 9.82. The van der Waals surface area contributed by atoms with Gasteiger partial charge in [-0.1, -0.05) is 322 Å². The van der Waals surface area contributed by atoms with Gasteiger partial charge in [0.1, 0.15) is 0 Å². The molecule has 0 unspecified atom stereocenters. The molecule has 2 heteroatoms. The first-order valence-corrected chi connectivity index (χ1v) is 25.8. The molecule has 0 bridgehead atoms. The minimum Gasteiger partial charge on any atom is -0.466 e. The summed E-state index contributed by atoms with van der Waals surface area (Å²) >= 11 is 0. The fourth-order valence-electron chi connectivity index (χ4n) is 4.94. The summed E-state index contributed by atoms with van der Waals surface area (Å²) in [5.41, 5.74) is 0. The van der Waals surface area contributed by atoms with Gasteiger partial charge in [0.15, 0.2) is 0 Å². The quantitative estimate of drug-likeness (QED) is 0.0557. The molecule has 0 aromatic heterocycles. The Morgan fingerprint density at radius 3 is 0.382 bits per heavy atom. The molecule has 0 aliphatic heterocycles. The number of esters is 1. The molecule has 0 atom stereocenters. The second kappa shape index (κ2) is 94.5. The van der Waals surface area contributed by atoms with Gasteiger partial charge in [-0.2, -0.15) is 0 Å². The lowest BCUT2D eigenvalue weighted by Crippen LogP contribution is -1.95. The average molecular weight is 790 g/mol. The van der Waals surface area contributed by atoms with E-state index in [9.17, 15) is 4.79 Å². The second-order valence-corrected chi connectivity index (χ2v) is 15.3. The van der Waals surface area contributed by atoms with Crippen LogP contribution < -0.4 is 0 Å². The van der Waals surface area contributed by atoms with Gasteiger partial charge in [-0.05, 0) is 6.92 Å². The third kappa shape index (κ3) is 153. The lowest BCUT2D eigenvalue weighted by Gasteiger charge is -1.90. The van der Waals surface area contributed by atoms with Crippen molar-refractivity contribution >= 4 is 5.97 Å². The zero-order valence-corrected chi connectivity index (χ0v) is 42.8. The molecule has 0 saturated heterocycles. The van der Waals surface area contributed by atoms with Crippen LogP contribution in [-0.2, 0) is 9.53 Å². The first kappa shape index (κ1) is 72.1. The lowest BCUT2D eigenvalue weighted by molar-refractivity contribution is -0.140. The number of hydrogen-bond donors (Lipinski definition) is 0. The van der Waals surface area contributed by atoms with Gasteiger partial charge in [-0.3, -0.25) is 4.79 Å². The molecule has 0 saturated carbocycles. The lowest BCUT2D eigenvalue weighted by atomic mass is 10.2. The van der Waals surface area contributed by atoms with Crippen molar-refractivity contribution in [1.82, 2.24) is 0 Å². The van der Waals surface area contributed by atoms with E-state index in [0.717, 1.165) is 0 Å². The summed E-state index contributed by atoms with van der Waals surface area (Å²) in [6, 6.07) is 0. The highest BCUT2D eigenvalue weighted by atomic mass is 16.5. The smallest absolute Gasteiger partial charge is 0.302 e. The summed E-state index contributed by atoms with van der Waals surface area (Å²) in [6.45, 7) is 35.1. The van der Waals surface area contributed by atoms with Crippen LogP contribution in [0.15, 0.2) is 0 Å². The zero-order chi connectivity index (χ0) is 43.7. The van der Waals surface area contributed by atoms with Crippen LogP contribution in [0.5, 0.6) is 0 Å². The van der Waals surface area contributed by atoms with E-state index in [1.54, 1.807) is 6.92 Å². The highest BCUT2D eigenvalue weighted by Crippen LogP contribution is 2.03. The largest absolute Gasteiger partial charge is 0.466 e. The van der Waals surface area contributed by atoms with E-state index in [4.69, 9.17) is 0 Å². The Morgan fingerprint density at radius 1 is 0.236 bits per heavy atom. The summed E-state index contributed by atoms with van der Waals surface area (Å²) in [5, 5.41) is 0. The number of carbonyl (C=O) groups excluding carboxylic acids is 1. The maximum atomic E-state index is 9.82. The maximum absolute atomic E-state index is 9.82. The Hall–Kier alpha value is -0.530. The SMILES string of the molecule is CCCCCCC.CCCCCCC.CCCCCCC.CCCCCCC.CCCCCCC.CCCCCCC.CCCCCCC.CCOC(C)=O. The van der Waals surface area contributed by atoms with Crippen molar-refractivity contribution in [1.29, 1.82) is 0 Å². The first-order valence-electron chi connectivity index (χ1n) is 25.8. The minimum absolute atomic E-state index is 0.211. The molecule has 0 rings (SSSR count). The molecule has 344 valence electrons. The van der Waals surface area contributed by atoms with E-state index >= 15 is 0 Å². The van der Waals surface area contributed by atoms with Crippen LogP contribution in [0.1, 0.15) is 336 Å². The number of ether oxygens (including phenoxy) is 1. The molecule has 0 radical (unpaired) electrons. The Kier molecular flexibility index (Phi) is 124. The van der Waals surface area contributed by atoms with Gasteiger partial charge in [-0.25, -0.2) is 0 Å². The molecule has 0 spiro atoms. The summed E-state index contributed by atoms with van der Waals surface area (Å²) < 4.78 is 4.40. The summed E-state index contributed by atoms with van der Waals surface area (Å²) in [5.74, 6) is -0.211. The molecule has 0 fully saturated rings. The molecule has 0 aliphatic carbocycles. The highest BCUT2D eigenvalue weighted by molar-refractivity contribution is 5.65. The van der Waals surface area contributed by atoms with Crippen LogP contribution in [-0.4, -0.2) is 12.6 Å². The van der Waals surface area contributed by atoms with E-state index < -0.39 is 0 Å². The van der Waals surface area contributed by atoms with E-state index in [0.29, 0.717) is 6.61 Å². The molecule has 2 nitrogen and oxygen atoms in total. The average Bonchev–Trinajstić information content (AvgIpc) is 3.18. The van der Waals surface area contributed by atoms with Crippen molar-refractivity contribution in [3.8, 4) is 0 Å². The van der Waals surface area contributed by atoms with Gasteiger partial charge < -0.3 is 4.74 Å². The summed E-state index contributed by atoms with van der Waals surface area (Å²) in [7, 11) is 0. The zero-order valence-electron chi connectivity index (χ0n) is 42.8. The van der Waals surface area contributed by atoms with Crippen LogP contribution in [0.3, 0.4) is 0 Å². The van der Waals surface area contributed by atoms with Crippen molar-refractivity contribution in [2.45, 2.75) is 336 Å². The van der Waals surface area contributed by atoms with Crippen molar-refractivity contribution in [3.63, 3.8) is 0 Å². The van der Waals surface area contributed by atoms with Crippen molar-refractivity contribution in [2.75, 3.05) is 6.61 Å². The van der Waals surface area contributed by atoms with Crippen molar-refractivity contribution in [3.05, 3.63) is 0 Å². The van der Waals surface area contributed by atoms with E-state index in [-0.39, 0.29) is 5.97 Å². The van der Waals surface area contributed by atoms with Gasteiger partial charge >= 0.3 is 5.97 Å². The van der Waals surface area contributed by atoms with Gasteiger partial charge in [-0.15, -0.1) is 0 Å². The molecule has 0 N–H and O–H groups in total. The van der Waals surface area contributed by atoms with Gasteiger partial charge in [0.05, 0.1) is 6.61 Å². The van der Waals surface area contributed by atoms with Gasteiger partial charge in [0, 0.05) is 6.92 Å². The third-order valence-electron chi connectivity index (χ3n) is 8.80. The van der Waals surface area contributed by atoms with Gasteiger partial charge in [0.25, 0.3) is 0 Å². The van der Waals surface area contributed by atoms with Crippen LogP contribution in [0.25, 0.3) is 0 Å². The van der Waals surface area contributed by atoms with Crippen LogP contribution in [0.2, 0.25) is 0 Å². The number of carbonyl (C=O) groups is 1. The molecule has 0 aromatic carbocycles. The first-order chi connectivity index (χ1) is 26.7. The summed E-state index contributed by atoms with van der Waals surface area (Å²) in [6.07, 6.45) is 49.1. The second-order valence-electron chi connectivity index (χ2n) is 15.3. The fourth-order valence-corrected chi connectivity index (χ4v) is 4.94. The molecule has 0 heterocycles. The Bertz CT molecular complexity index is 349. The highest BCUT2D eigenvalue weighted by Gasteiger charge is 1.84. The van der Waals surface area contributed by atoms with Crippen molar-refractivity contribution < 1.29 is 9.53 Å². The molecule has 55 heavy (non-hydrogen) atoms. The standard InChI is InChI=1S/7C7H16.C4H8O2/c7*1-3-5-7-6-4-2;1-3-6-4(2)5/h7*3-7H2,1-2H3;3H2,1-2H3. The normalized spacial score (nSPS) is 9.24. The van der Waals surface area contributed by atoms with Crippen LogP contribution in [0, 0.1) is 0 Å². The molecular weight excluding hydrogens is 669 g/mol. The molecule has 0 aromatic rings. The van der Waals surface area contributed by atoms with E-state index in [1.807, 2.05) is 0 Å². The Balaban J connectivity index is -0.0000000765. The molecular formula is C53H120O2. The third-order valence-corrected chi connectivity index (χ3v) is 8.80. The van der Waals surface area contributed by atoms with Crippen LogP contribution >= 0.6 is 0 Å². The topological polar surface area (TPSA) is 26.3 Å². The van der Waals surface area contributed by atoms with E-state index in [2.05, 4.69) is 102 Å². The Labute approximate surface area is 356 Å². The minimum atomic E-state index is -0.211. The number of hydrogen-bond acceptors (Lipinski definition) is 2. The van der Waals surface area contributed by atoms with Crippen LogP contribution in [0.4, 0.5) is 0 Å². The number of unbranched alkanes of at least 4 members (excludes halogenated alkanes) is 28. The van der Waals surface area contributed by atoms with Crippen molar-refractivity contribution in [2.24, 2.45) is 0 Å². The van der Waals surface area contributed by atoms with Gasteiger partial charge in [0.2, 0.25) is 0 Å². The molecule has 0 aliphatic rings. The monoisotopic (exact) mass is 789 g/mol. The number of rotatable bonds is 29. The predicted octanol–water partition coefficient (Wildman–Crippen LogP) is 21.4.